The Morgan fingerprint density at radius 2 is 1.96 bits per heavy atom. The molecule has 1 aliphatic carbocycles. The Morgan fingerprint density at radius 1 is 1.19 bits per heavy atom. The number of piperidine rings is 1. The fourth-order valence-electron chi connectivity index (χ4n) is 3.96. The van der Waals surface area contributed by atoms with Crippen molar-refractivity contribution in [2.75, 3.05) is 19.6 Å². The Balaban J connectivity index is 1.31. The number of pyridine rings is 1. The molecular formula is C21H23F2N3O. The van der Waals surface area contributed by atoms with Gasteiger partial charge in [-0.25, -0.2) is 13.6 Å². The average molecular weight is 371 g/mol. The maximum Gasteiger partial charge on any atom is 0.317 e. The molecule has 0 unspecified atom stereocenters. The van der Waals surface area contributed by atoms with Crippen molar-refractivity contribution in [3.05, 3.63) is 65.5 Å². The topological polar surface area (TPSA) is 45.2 Å². The molecule has 1 saturated carbocycles. The number of carbonyl (C=O) groups is 1. The van der Waals surface area contributed by atoms with Gasteiger partial charge in [-0.2, -0.15) is 0 Å². The zero-order chi connectivity index (χ0) is 18.9. The van der Waals surface area contributed by atoms with E-state index in [2.05, 4.69) is 10.3 Å². The van der Waals surface area contributed by atoms with Gasteiger partial charge in [-0.15, -0.1) is 0 Å². The van der Waals surface area contributed by atoms with Crippen LogP contribution in [-0.2, 0) is 5.41 Å². The summed E-state index contributed by atoms with van der Waals surface area (Å²) in [6.07, 6.45) is 5.19. The van der Waals surface area contributed by atoms with Gasteiger partial charge in [0, 0.05) is 48.9 Å². The van der Waals surface area contributed by atoms with Crippen LogP contribution in [0.25, 0.3) is 0 Å². The summed E-state index contributed by atoms with van der Waals surface area (Å²) >= 11 is 0. The average Bonchev–Trinajstić information content (AvgIpc) is 3.48. The largest absolute Gasteiger partial charge is 0.337 e. The van der Waals surface area contributed by atoms with Crippen LogP contribution in [0.5, 0.6) is 0 Å². The number of rotatable bonds is 4. The molecule has 142 valence electrons. The lowest BCUT2D eigenvalue weighted by molar-refractivity contribution is 0.180. The van der Waals surface area contributed by atoms with E-state index in [1.54, 1.807) is 6.20 Å². The highest BCUT2D eigenvalue weighted by atomic mass is 19.1. The highest BCUT2D eigenvalue weighted by molar-refractivity contribution is 5.74. The molecule has 0 spiro atoms. The first-order valence-electron chi connectivity index (χ1n) is 9.47. The summed E-state index contributed by atoms with van der Waals surface area (Å²) in [5.74, 6) is -0.719. The summed E-state index contributed by atoms with van der Waals surface area (Å²) in [6, 6.07) is 9.52. The van der Waals surface area contributed by atoms with Gasteiger partial charge in [-0.1, -0.05) is 12.1 Å². The normalized spacial score (nSPS) is 19.0. The van der Waals surface area contributed by atoms with Crippen molar-refractivity contribution in [1.82, 2.24) is 15.2 Å². The van der Waals surface area contributed by atoms with E-state index in [0.717, 1.165) is 37.4 Å². The van der Waals surface area contributed by atoms with E-state index in [9.17, 15) is 13.6 Å². The summed E-state index contributed by atoms with van der Waals surface area (Å²) in [7, 11) is 0. The third-order valence-corrected chi connectivity index (χ3v) is 5.82. The minimum Gasteiger partial charge on any atom is -0.337 e. The van der Waals surface area contributed by atoms with Gasteiger partial charge in [0.2, 0.25) is 0 Å². The fraction of sp³-hybridized carbons (Fsp3) is 0.429. The summed E-state index contributed by atoms with van der Waals surface area (Å²) in [6.45, 7) is 1.75. The number of halogens is 2. The SMILES string of the molecule is O=C(NCC1(c2ccc(F)cc2F)CC1)N1CCC(c2ccccn2)CC1. The van der Waals surface area contributed by atoms with Crippen LogP contribution in [0.3, 0.4) is 0 Å². The Bertz CT molecular complexity index is 815. The molecule has 0 radical (unpaired) electrons. The number of aromatic nitrogens is 1. The lowest BCUT2D eigenvalue weighted by Gasteiger charge is -2.32. The minimum atomic E-state index is -0.577. The molecule has 1 aromatic carbocycles. The van der Waals surface area contributed by atoms with E-state index in [4.69, 9.17) is 0 Å². The third-order valence-electron chi connectivity index (χ3n) is 5.82. The maximum absolute atomic E-state index is 14.1. The standard InChI is InChI=1S/C21H23F2N3O/c22-16-4-5-17(18(23)13-16)21(8-9-21)14-25-20(27)26-11-6-15(7-12-26)19-3-1-2-10-24-19/h1-5,10,13,15H,6-9,11-12,14H2,(H,25,27). The van der Waals surface area contributed by atoms with E-state index >= 15 is 0 Å². The molecule has 4 rings (SSSR count). The van der Waals surface area contributed by atoms with Crippen molar-refractivity contribution < 1.29 is 13.6 Å². The Labute approximate surface area is 157 Å². The summed E-state index contributed by atoms with van der Waals surface area (Å²) in [4.78, 5) is 18.8. The van der Waals surface area contributed by atoms with Gasteiger partial charge in [-0.05, 0) is 49.4 Å². The van der Waals surface area contributed by atoms with Crippen LogP contribution in [0.2, 0.25) is 0 Å². The minimum absolute atomic E-state index is 0.108. The number of carbonyl (C=O) groups excluding carboxylic acids is 1. The van der Waals surface area contributed by atoms with Gasteiger partial charge in [0.15, 0.2) is 0 Å². The van der Waals surface area contributed by atoms with Crippen molar-refractivity contribution in [1.29, 1.82) is 0 Å². The molecule has 2 amide bonds. The number of hydrogen-bond donors (Lipinski definition) is 1. The quantitative estimate of drug-likeness (QED) is 0.884. The van der Waals surface area contributed by atoms with Gasteiger partial charge >= 0.3 is 6.03 Å². The smallest absolute Gasteiger partial charge is 0.317 e. The molecule has 1 saturated heterocycles. The van der Waals surface area contributed by atoms with Crippen LogP contribution >= 0.6 is 0 Å². The van der Waals surface area contributed by atoms with Gasteiger partial charge in [0.05, 0.1) is 0 Å². The van der Waals surface area contributed by atoms with Crippen molar-refractivity contribution >= 4 is 6.03 Å². The van der Waals surface area contributed by atoms with Crippen LogP contribution in [0.1, 0.15) is 42.9 Å². The lowest BCUT2D eigenvalue weighted by Crippen LogP contribution is -2.46. The number of nitrogens with one attached hydrogen (secondary N) is 1. The van der Waals surface area contributed by atoms with Crippen molar-refractivity contribution in [3.8, 4) is 0 Å². The van der Waals surface area contributed by atoms with E-state index in [-0.39, 0.29) is 11.4 Å². The monoisotopic (exact) mass is 371 g/mol. The maximum atomic E-state index is 14.1. The molecule has 27 heavy (non-hydrogen) atoms. The van der Waals surface area contributed by atoms with Crippen LogP contribution in [0.4, 0.5) is 13.6 Å². The van der Waals surface area contributed by atoms with Crippen molar-refractivity contribution in [2.45, 2.75) is 37.0 Å². The fourth-order valence-corrected chi connectivity index (χ4v) is 3.96. The van der Waals surface area contributed by atoms with Crippen molar-refractivity contribution in [2.24, 2.45) is 0 Å². The number of benzene rings is 1. The van der Waals surface area contributed by atoms with Crippen LogP contribution < -0.4 is 5.32 Å². The van der Waals surface area contributed by atoms with Gasteiger partial charge < -0.3 is 10.2 Å². The predicted molar refractivity (Wildman–Crippen MR) is 98.5 cm³/mol. The molecule has 2 aromatic rings. The van der Waals surface area contributed by atoms with Gasteiger partial charge in [0.25, 0.3) is 0 Å². The Hall–Kier alpha value is -2.50. The molecule has 1 N–H and O–H groups in total. The second kappa shape index (κ2) is 7.25. The molecule has 0 atom stereocenters. The van der Waals surface area contributed by atoms with Crippen LogP contribution in [0.15, 0.2) is 42.6 Å². The first kappa shape index (κ1) is 17.9. The second-order valence-corrected chi connectivity index (χ2v) is 7.58. The molecule has 4 nitrogen and oxygen atoms in total. The third kappa shape index (κ3) is 3.80. The zero-order valence-corrected chi connectivity index (χ0v) is 15.1. The molecule has 1 aromatic heterocycles. The van der Waals surface area contributed by atoms with E-state index < -0.39 is 11.6 Å². The zero-order valence-electron chi connectivity index (χ0n) is 15.1. The molecule has 1 aliphatic heterocycles. The molecule has 6 heteroatoms. The molecule has 2 fully saturated rings. The highest BCUT2D eigenvalue weighted by Gasteiger charge is 2.46. The van der Waals surface area contributed by atoms with E-state index in [1.807, 2.05) is 23.1 Å². The first-order valence-corrected chi connectivity index (χ1v) is 9.47. The second-order valence-electron chi connectivity index (χ2n) is 7.58. The molecule has 0 bridgehead atoms. The molecule has 2 aliphatic rings. The number of nitrogens with zero attached hydrogens (tertiary/aromatic N) is 2. The van der Waals surface area contributed by atoms with Crippen molar-refractivity contribution in [3.63, 3.8) is 0 Å². The van der Waals surface area contributed by atoms with Gasteiger partial charge in [0.1, 0.15) is 11.6 Å². The Morgan fingerprint density at radius 3 is 2.59 bits per heavy atom. The number of likely N-dealkylation sites (tertiary alicyclic amines) is 1. The van der Waals surface area contributed by atoms with E-state index in [1.165, 1.54) is 12.1 Å². The summed E-state index contributed by atoms with van der Waals surface area (Å²) in [5.41, 5.74) is 1.19. The van der Waals surface area contributed by atoms with Crippen LogP contribution in [-0.4, -0.2) is 35.5 Å². The number of amides is 2. The van der Waals surface area contributed by atoms with Crippen LogP contribution in [0, 0.1) is 11.6 Å². The van der Waals surface area contributed by atoms with E-state index in [0.29, 0.717) is 31.1 Å². The molecule has 2 heterocycles. The lowest BCUT2D eigenvalue weighted by atomic mass is 9.93. The Kier molecular flexibility index (Phi) is 4.81. The highest BCUT2D eigenvalue weighted by Crippen LogP contribution is 2.48. The summed E-state index contributed by atoms with van der Waals surface area (Å²) < 4.78 is 27.2. The summed E-state index contributed by atoms with van der Waals surface area (Å²) in [5, 5.41) is 2.96. The number of urea groups is 1. The van der Waals surface area contributed by atoms with Gasteiger partial charge in [-0.3, -0.25) is 4.98 Å². The number of hydrogen-bond acceptors (Lipinski definition) is 2. The molecular weight excluding hydrogens is 348 g/mol. The first-order chi connectivity index (χ1) is 13.1. The predicted octanol–water partition coefficient (Wildman–Crippen LogP) is 3.98.